The van der Waals surface area contributed by atoms with Gasteiger partial charge in [0.1, 0.15) is 0 Å². The molecule has 0 aromatic rings. The zero-order chi connectivity index (χ0) is 11.5. The van der Waals surface area contributed by atoms with Crippen molar-refractivity contribution in [2.75, 3.05) is 38.7 Å². The van der Waals surface area contributed by atoms with Gasteiger partial charge in [-0.05, 0) is 12.8 Å². The number of hydrogen-bond donors (Lipinski definition) is 2. The summed E-state index contributed by atoms with van der Waals surface area (Å²) < 4.78 is 5.40. The first kappa shape index (κ1) is 15.2. The van der Waals surface area contributed by atoms with E-state index in [-0.39, 0.29) is 6.61 Å². The highest BCUT2D eigenvalue weighted by Crippen LogP contribution is 2.07. The van der Waals surface area contributed by atoms with Crippen LogP contribution >= 0.6 is 12.6 Å². The van der Waals surface area contributed by atoms with Gasteiger partial charge in [-0.15, -0.1) is 0 Å². The van der Waals surface area contributed by atoms with Crippen LogP contribution in [0.4, 0.5) is 0 Å². The van der Waals surface area contributed by atoms with Gasteiger partial charge in [-0.2, -0.15) is 12.6 Å². The van der Waals surface area contributed by atoms with Gasteiger partial charge < -0.3 is 9.84 Å². The molecule has 0 saturated carbocycles. The van der Waals surface area contributed by atoms with Gasteiger partial charge in [0.15, 0.2) is 0 Å². The van der Waals surface area contributed by atoms with Crippen LogP contribution < -0.4 is 0 Å². The molecule has 0 rings (SSSR count). The molecular weight excluding hydrogens is 210 g/mol. The molecule has 0 aromatic carbocycles. The highest BCUT2D eigenvalue weighted by molar-refractivity contribution is 7.80. The van der Waals surface area contributed by atoms with Crippen molar-refractivity contribution in [1.82, 2.24) is 4.90 Å². The minimum atomic E-state index is 0.225. The maximum atomic E-state index is 8.98. The van der Waals surface area contributed by atoms with E-state index in [0.29, 0.717) is 12.6 Å². The molecule has 0 aromatic heterocycles. The first-order chi connectivity index (χ1) is 7.29. The zero-order valence-corrected chi connectivity index (χ0v) is 10.9. The molecule has 0 bridgehead atoms. The van der Waals surface area contributed by atoms with Gasteiger partial charge in [0, 0.05) is 24.9 Å². The highest BCUT2D eigenvalue weighted by atomic mass is 32.1. The van der Waals surface area contributed by atoms with Gasteiger partial charge in [0.2, 0.25) is 0 Å². The van der Waals surface area contributed by atoms with Gasteiger partial charge in [-0.3, -0.25) is 4.90 Å². The molecule has 0 saturated heterocycles. The summed E-state index contributed by atoms with van der Waals surface area (Å²) in [6.45, 7) is 7.69. The average Bonchev–Trinajstić information content (AvgIpc) is 2.26. The van der Waals surface area contributed by atoms with Gasteiger partial charge in [0.25, 0.3) is 0 Å². The van der Waals surface area contributed by atoms with Crippen molar-refractivity contribution in [2.45, 2.75) is 32.7 Å². The molecular formula is C11H25NO2S. The average molecular weight is 235 g/mol. The molecule has 0 fully saturated rings. The van der Waals surface area contributed by atoms with Crippen LogP contribution in [0.2, 0.25) is 0 Å². The van der Waals surface area contributed by atoms with Crippen molar-refractivity contribution < 1.29 is 9.84 Å². The number of ether oxygens (including phenoxy) is 1. The number of nitrogens with zero attached hydrogens (tertiary/aromatic N) is 1. The van der Waals surface area contributed by atoms with Crippen LogP contribution in [0.3, 0.4) is 0 Å². The third-order valence-corrected chi connectivity index (χ3v) is 2.79. The van der Waals surface area contributed by atoms with Gasteiger partial charge in [-0.1, -0.05) is 13.8 Å². The molecule has 0 aliphatic rings. The highest BCUT2D eigenvalue weighted by Gasteiger charge is 2.13. The molecule has 15 heavy (non-hydrogen) atoms. The largest absolute Gasteiger partial charge is 0.395 e. The summed E-state index contributed by atoms with van der Waals surface area (Å²) in [4.78, 5) is 2.30. The van der Waals surface area contributed by atoms with Crippen molar-refractivity contribution in [3.63, 3.8) is 0 Å². The van der Waals surface area contributed by atoms with Crippen LogP contribution in [-0.4, -0.2) is 54.7 Å². The zero-order valence-electron chi connectivity index (χ0n) is 9.98. The van der Waals surface area contributed by atoms with Gasteiger partial charge in [0.05, 0.1) is 19.8 Å². The standard InChI is InChI=1S/C11H25NO2S/c1-3-11(4-2)12(5-7-13)6-8-14-9-10-15/h11,13,15H,3-10H2,1-2H3. The molecule has 0 aliphatic carbocycles. The van der Waals surface area contributed by atoms with E-state index in [1.54, 1.807) is 0 Å². The van der Waals surface area contributed by atoms with Crippen LogP contribution in [0.25, 0.3) is 0 Å². The van der Waals surface area contributed by atoms with Crippen LogP contribution in [-0.2, 0) is 4.74 Å². The molecule has 0 aliphatic heterocycles. The van der Waals surface area contributed by atoms with E-state index < -0.39 is 0 Å². The molecule has 1 N–H and O–H groups in total. The SMILES string of the molecule is CCC(CC)N(CCO)CCOCCS. The van der Waals surface area contributed by atoms with Crippen LogP contribution in [0.5, 0.6) is 0 Å². The number of hydrogen-bond acceptors (Lipinski definition) is 4. The Morgan fingerprint density at radius 2 is 1.87 bits per heavy atom. The molecule has 92 valence electrons. The Labute approximate surface area is 99.2 Å². The lowest BCUT2D eigenvalue weighted by Gasteiger charge is -2.29. The fourth-order valence-corrected chi connectivity index (χ4v) is 1.89. The van der Waals surface area contributed by atoms with E-state index in [1.807, 2.05) is 0 Å². The Hall–Kier alpha value is 0.230. The second kappa shape index (κ2) is 10.7. The molecule has 0 heterocycles. The summed E-state index contributed by atoms with van der Waals surface area (Å²) in [5.41, 5.74) is 0. The maximum absolute atomic E-state index is 8.98. The molecule has 0 atom stereocenters. The van der Waals surface area contributed by atoms with E-state index in [2.05, 4.69) is 31.4 Å². The first-order valence-electron chi connectivity index (χ1n) is 5.83. The van der Waals surface area contributed by atoms with Gasteiger partial charge in [-0.25, -0.2) is 0 Å². The quantitative estimate of drug-likeness (QED) is 0.444. The first-order valence-corrected chi connectivity index (χ1v) is 6.46. The summed E-state index contributed by atoms with van der Waals surface area (Å²) in [6.07, 6.45) is 2.26. The fraction of sp³-hybridized carbons (Fsp3) is 1.00. The van der Waals surface area contributed by atoms with E-state index in [4.69, 9.17) is 9.84 Å². The molecule has 4 heteroatoms. The summed E-state index contributed by atoms with van der Waals surface area (Å²) in [6, 6.07) is 0.566. The van der Waals surface area contributed by atoms with Crippen LogP contribution in [0.15, 0.2) is 0 Å². The molecule has 3 nitrogen and oxygen atoms in total. The molecule has 0 radical (unpaired) electrons. The Balaban J connectivity index is 3.80. The van der Waals surface area contributed by atoms with E-state index in [9.17, 15) is 0 Å². The second-order valence-electron chi connectivity index (χ2n) is 3.57. The molecule has 0 unspecified atom stereocenters. The number of thiol groups is 1. The molecule has 0 spiro atoms. The summed E-state index contributed by atoms with van der Waals surface area (Å²) in [5, 5.41) is 8.98. The van der Waals surface area contributed by atoms with E-state index in [1.165, 1.54) is 0 Å². The number of aliphatic hydroxyl groups excluding tert-OH is 1. The Bertz CT molecular complexity index is 132. The fourth-order valence-electron chi connectivity index (χ4n) is 1.76. The van der Waals surface area contributed by atoms with E-state index in [0.717, 1.165) is 38.3 Å². The van der Waals surface area contributed by atoms with Gasteiger partial charge >= 0.3 is 0 Å². The summed E-state index contributed by atoms with van der Waals surface area (Å²) >= 11 is 4.09. The van der Waals surface area contributed by atoms with E-state index >= 15 is 0 Å². The Morgan fingerprint density at radius 3 is 2.33 bits per heavy atom. The predicted octanol–water partition coefficient (Wildman–Crippen LogP) is 1.42. The Morgan fingerprint density at radius 1 is 1.20 bits per heavy atom. The minimum absolute atomic E-state index is 0.225. The predicted molar refractivity (Wildman–Crippen MR) is 67.7 cm³/mol. The smallest absolute Gasteiger partial charge is 0.0593 e. The van der Waals surface area contributed by atoms with Crippen LogP contribution in [0, 0.1) is 0 Å². The third-order valence-electron chi connectivity index (χ3n) is 2.60. The topological polar surface area (TPSA) is 32.7 Å². The van der Waals surface area contributed by atoms with Crippen molar-refractivity contribution in [3.05, 3.63) is 0 Å². The minimum Gasteiger partial charge on any atom is -0.395 e. The maximum Gasteiger partial charge on any atom is 0.0593 e. The van der Waals surface area contributed by atoms with Crippen molar-refractivity contribution in [3.8, 4) is 0 Å². The van der Waals surface area contributed by atoms with Crippen LogP contribution in [0.1, 0.15) is 26.7 Å². The monoisotopic (exact) mass is 235 g/mol. The van der Waals surface area contributed by atoms with Crippen molar-refractivity contribution in [1.29, 1.82) is 0 Å². The summed E-state index contributed by atoms with van der Waals surface area (Å²) in [7, 11) is 0. The lowest BCUT2D eigenvalue weighted by Crippen LogP contribution is -2.39. The Kier molecular flexibility index (Phi) is 10.9. The summed E-state index contributed by atoms with van der Waals surface area (Å²) in [5.74, 6) is 0.769. The number of aliphatic hydroxyl groups is 1. The number of rotatable bonds is 10. The van der Waals surface area contributed by atoms with Crippen molar-refractivity contribution >= 4 is 12.6 Å². The second-order valence-corrected chi connectivity index (χ2v) is 4.01. The lowest BCUT2D eigenvalue weighted by molar-refractivity contribution is 0.0805. The normalized spacial score (nSPS) is 11.6. The third kappa shape index (κ3) is 7.17. The van der Waals surface area contributed by atoms with Crippen molar-refractivity contribution in [2.24, 2.45) is 0 Å². The lowest BCUT2D eigenvalue weighted by atomic mass is 10.1. The molecule has 0 amide bonds.